The molecule has 0 heterocycles. The normalized spacial score (nSPS) is 10.2. The van der Waals surface area contributed by atoms with Crippen molar-refractivity contribution in [2.75, 3.05) is 12.4 Å². The van der Waals surface area contributed by atoms with Gasteiger partial charge in [-0.15, -0.1) is 0 Å². The highest BCUT2D eigenvalue weighted by atomic mass is 16.5. The molecule has 0 spiro atoms. The van der Waals surface area contributed by atoms with Crippen molar-refractivity contribution in [3.05, 3.63) is 84.4 Å². The van der Waals surface area contributed by atoms with Gasteiger partial charge in [0.2, 0.25) is 5.91 Å². The first-order valence-electron chi connectivity index (χ1n) is 7.83. The molecule has 0 atom stereocenters. The summed E-state index contributed by atoms with van der Waals surface area (Å²) in [5, 5.41) is 2.93. The SMILES string of the molecule is COc1cccc(CC(=O)Nc2ccc(-c3ccccc3)cc2)c1. The zero-order valence-electron chi connectivity index (χ0n) is 13.5. The molecule has 3 aromatic rings. The largest absolute Gasteiger partial charge is 0.497 e. The number of benzene rings is 3. The molecular formula is C21H19NO2. The summed E-state index contributed by atoms with van der Waals surface area (Å²) in [7, 11) is 1.62. The third kappa shape index (κ3) is 4.02. The van der Waals surface area contributed by atoms with E-state index in [-0.39, 0.29) is 5.91 Å². The lowest BCUT2D eigenvalue weighted by atomic mass is 10.1. The van der Waals surface area contributed by atoms with Gasteiger partial charge in [0.05, 0.1) is 13.5 Å². The quantitative estimate of drug-likeness (QED) is 0.750. The number of ether oxygens (including phenoxy) is 1. The number of anilines is 1. The van der Waals surface area contributed by atoms with Crippen LogP contribution in [-0.2, 0) is 11.2 Å². The molecular weight excluding hydrogens is 298 g/mol. The number of hydrogen-bond acceptors (Lipinski definition) is 2. The molecule has 1 N–H and O–H groups in total. The predicted molar refractivity (Wildman–Crippen MR) is 97.2 cm³/mol. The van der Waals surface area contributed by atoms with E-state index in [4.69, 9.17) is 4.74 Å². The van der Waals surface area contributed by atoms with Gasteiger partial charge in [-0.2, -0.15) is 0 Å². The zero-order chi connectivity index (χ0) is 16.8. The average molecular weight is 317 g/mol. The molecule has 3 heteroatoms. The molecule has 0 unspecified atom stereocenters. The first-order chi connectivity index (χ1) is 11.7. The first-order valence-corrected chi connectivity index (χ1v) is 7.83. The van der Waals surface area contributed by atoms with Crippen LogP contribution in [0.4, 0.5) is 5.69 Å². The summed E-state index contributed by atoms with van der Waals surface area (Å²) in [6, 6.07) is 25.6. The summed E-state index contributed by atoms with van der Waals surface area (Å²) >= 11 is 0. The molecule has 0 saturated heterocycles. The van der Waals surface area contributed by atoms with E-state index < -0.39 is 0 Å². The monoisotopic (exact) mass is 317 g/mol. The molecule has 0 aliphatic heterocycles. The Balaban J connectivity index is 1.64. The van der Waals surface area contributed by atoms with Gasteiger partial charge in [0.15, 0.2) is 0 Å². The average Bonchev–Trinajstić information content (AvgIpc) is 2.63. The standard InChI is InChI=1S/C21H19NO2/c1-24-20-9-5-6-16(14-20)15-21(23)22-19-12-10-18(11-13-19)17-7-3-2-4-8-17/h2-14H,15H2,1H3,(H,22,23). The fourth-order valence-electron chi connectivity index (χ4n) is 2.55. The molecule has 120 valence electrons. The van der Waals surface area contributed by atoms with Crippen LogP contribution in [0.5, 0.6) is 5.75 Å². The fourth-order valence-corrected chi connectivity index (χ4v) is 2.55. The molecule has 0 saturated carbocycles. The van der Waals surface area contributed by atoms with Crippen LogP contribution < -0.4 is 10.1 Å². The molecule has 0 fully saturated rings. The van der Waals surface area contributed by atoms with Gasteiger partial charge in [-0.1, -0.05) is 54.6 Å². The van der Waals surface area contributed by atoms with Crippen molar-refractivity contribution in [3.63, 3.8) is 0 Å². The van der Waals surface area contributed by atoms with Gasteiger partial charge < -0.3 is 10.1 Å². The minimum atomic E-state index is -0.0456. The van der Waals surface area contributed by atoms with E-state index in [1.807, 2.05) is 66.7 Å². The summed E-state index contributed by atoms with van der Waals surface area (Å²) < 4.78 is 5.18. The lowest BCUT2D eigenvalue weighted by molar-refractivity contribution is -0.115. The number of nitrogens with one attached hydrogen (secondary N) is 1. The van der Waals surface area contributed by atoms with Crippen LogP contribution in [0, 0.1) is 0 Å². The van der Waals surface area contributed by atoms with Crippen LogP contribution in [-0.4, -0.2) is 13.0 Å². The van der Waals surface area contributed by atoms with Crippen molar-refractivity contribution in [2.24, 2.45) is 0 Å². The van der Waals surface area contributed by atoms with Crippen molar-refractivity contribution < 1.29 is 9.53 Å². The van der Waals surface area contributed by atoms with E-state index in [2.05, 4.69) is 17.4 Å². The Morgan fingerprint density at radius 2 is 1.58 bits per heavy atom. The molecule has 3 aromatic carbocycles. The molecule has 0 radical (unpaired) electrons. The smallest absolute Gasteiger partial charge is 0.228 e. The maximum Gasteiger partial charge on any atom is 0.228 e. The van der Waals surface area contributed by atoms with Crippen LogP contribution in [0.15, 0.2) is 78.9 Å². The zero-order valence-corrected chi connectivity index (χ0v) is 13.5. The summed E-state index contributed by atoms with van der Waals surface area (Å²) in [6.07, 6.45) is 0.317. The van der Waals surface area contributed by atoms with Gasteiger partial charge in [-0.3, -0.25) is 4.79 Å². The molecule has 0 bridgehead atoms. The van der Waals surface area contributed by atoms with Gasteiger partial charge in [-0.25, -0.2) is 0 Å². The van der Waals surface area contributed by atoms with Crippen LogP contribution in [0.2, 0.25) is 0 Å². The molecule has 0 aromatic heterocycles. The second-order valence-corrected chi connectivity index (χ2v) is 5.52. The highest BCUT2D eigenvalue weighted by Gasteiger charge is 2.05. The van der Waals surface area contributed by atoms with E-state index in [0.29, 0.717) is 6.42 Å². The summed E-state index contributed by atoms with van der Waals surface area (Å²) in [6.45, 7) is 0. The lowest BCUT2D eigenvalue weighted by Crippen LogP contribution is -2.14. The third-order valence-electron chi connectivity index (χ3n) is 3.77. The summed E-state index contributed by atoms with van der Waals surface area (Å²) in [5.74, 6) is 0.711. The highest BCUT2D eigenvalue weighted by Crippen LogP contribution is 2.21. The Labute approximate surface area is 141 Å². The minimum absolute atomic E-state index is 0.0456. The van der Waals surface area contributed by atoms with Crippen LogP contribution in [0.25, 0.3) is 11.1 Å². The number of amides is 1. The van der Waals surface area contributed by atoms with Crippen molar-refractivity contribution in [1.29, 1.82) is 0 Å². The topological polar surface area (TPSA) is 38.3 Å². The van der Waals surface area contributed by atoms with E-state index in [1.165, 1.54) is 0 Å². The van der Waals surface area contributed by atoms with E-state index in [1.54, 1.807) is 7.11 Å². The summed E-state index contributed by atoms with van der Waals surface area (Å²) in [4.78, 5) is 12.2. The number of carbonyl (C=O) groups is 1. The maximum absolute atomic E-state index is 12.2. The predicted octanol–water partition coefficient (Wildman–Crippen LogP) is 4.54. The molecule has 0 aliphatic carbocycles. The van der Waals surface area contributed by atoms with Crippen LogP contribution >= 0.6 is 0 Å². The third-order valence-corrected chi connectivity index (χ3v) is 3.77. The van der Waals surface area contributed by atoms with Crippen molar-refractivity contribution >= 4 is 11.6 Å². The molecule has 3 nitrogen and oxygen atoms in total. The van der Waals surface area contributed by atoms with Gasteiger partial charge >= 0.3 is 0 Å². The van der Waals surface area contributed by atoms with Gasteiger partial charge in [-0.05, 0) is 41.0 Å². The molecule has 0 aliphatic rings. The van der Waals surface area contributed by atoms with E-state index in [9.17, 15) is 4.79 Å². The maximum atomic E-state index is 12.2. The fraction of sp³-hybridized carbons (Fsp3) is 0.0952. The van der Waals surface area contributed by atoms with Gasteiger partial charge in [0.25, 0.3) is 0 Å². The first kappa shape index (κ1) is 15.8. The number of hydrogen-bond donors (Lipinski definition) is 1. The molecule has 24 heavy (non-hydrogen) atoms. The van der Waals surface area contributed by atoms with Gasteiger partial charge in [0.1, 0.15) is 5.75 Å². The minimum Gasteiger partial charge on any atom is -0.497 e. The van der Waals surface area contributed by atoms with E-state index in [0.717, 1.165) is 28.1 Å². The Hall–Kier alpha value is -3.07. The highest BCUT2D eigenvalue weighted by molar-refractivity contribution is 5.92. The van der Waals surface area contributed by atoms with Crippen LogP contribution in [0.1, 0.15) is 5.56 Å². The number of methoxy groups -OCH3 is 1. The Bertz CT molecular complexity index is 811. The van der Waals surface area contributed by atoms with Crippen molar-refractivity contribution in [2.45, 2.75) is 6.42 Å². The summed E-state index contributed by atoms with van der Waals surface area (Å²) in [5.41, 5.74) is 4.00. The Morgan fingerprint density at radius 3 is 2.29 bits per heavy atom. The van der Waals surface area contributed by atoms with Crippen molar-refractivity contribution in [1.82, 2.24) is 0 Å². The van der Waals surface area contributed by atoms with E-state index >= 15 is 0 Å². The Morgan fingerprint density at radius 1 is 0.875 bits per heavy atom. The number of carbonyl (C=O) groups excluding carboxylic acids is 1. The lowest BCUT2D eigenvalue weighted by Gasteiger charge is -2.08. The van der Waals surface area contributed by atoms with Crippen molar-refractivity contribution in [3.8, 4) is 16.9 Å². The number of rotatable bonds is 5. The molecule has 1 amide bonds. The van der Waals surface area contributed by atoms with Crippen LogP contribution in [0.3, 0.4) is 0 Å². The Kier molecular flexibility index (Phi) is 4.92. The van der Waals surface area contributed by atoms with Gasteiger partial charge in [0, 0.05) is 5.69 Å². The molecule has 3 rings (SSSR count). The second-order valence-electron chi connectivity index (χ2n) is 5.52. The second kappa shape index (κ2) is 7.47.